The fraction of sp³-hybridized carbons (Fsp3) is 0.100. The Morgan fingerprint density at radius 2 is 1.11 bits per heavy atom. The minimum Gasteiger partial charge on any atom is -0.436 e. The Bertz CT molecular complexity index is 2100. The highest BCUT2D eigenvalue weighted by atomic mass is 32.1. The van der Waals surface area contributed by atoms with Crippen LogP contribution in [0.2, 0.25) is 0 Å². The molecule has 0 aliphatic heterocycles. The van der Waals surface area contributed by atoms with Crippen LogP contribution in [0.1, 0.15) is 11.1 Å². The molecule has 0 amide bonds. The van der Waals surface area contributed by atoms with E-state index in [2.05, 4.69) is 133 Å². The van der Waals surface area contributed by atoms with Crippen molar-refractivity contribution in [2.24, 2.45) is 14.1 Å². The van der Waals surface area contributed by atoms with Gasteiger partial charge in [-0.1, -0.05) is 60.7 Å². The van der Waals surface area contributed by atoms with Crippen molar-refractivity contribution in [1.29, 1.82) is 0 Å². The molecule has 224 valence electrons. The summed E-state index contributed by atoms with van der Waals surface area (Å²) in [6.07, 6.45) is 4.16. The van der Waals surface area contributed by atoms with Crippen molar-refractivity contribution >= 4 is 32.7 Å². The van der Waals surface area contributed by atoms with Gasteiger partial charge >= 0.3 is 0 Å². The number of pyridine rings is 2. The Balaban J connectivity index is 0.000000147. The maximum Gasteiger partial charge on any atom is 0.227 e. The first kappa shape index (κ1) is 29.3. The van der Waals surface area contributed by atoms with Crippen LogP contribution >= 0.6 is 11.3 Å². The fourth-order valence-corrected chi connectivity index (χ4v) is 6.61. The van der Waals surface area contributed by atoms with E-state index < -0.39 is 0 Å². The number of fused-ring (bicyclic) bond motifs is 2. The smallest absolute Gasteiger partial charge is 0.227 e. The molecule has 4 aromatic carbocycles. The highest BCUT2D eigenvalue weighted by Gasteiger charge is 2.17. The van der Waals surface area contributed by atoms with Gasteiger partial charge in [-0.15, -0.1) is 11.3 Å². The van der Waals surface area contributed by atoms with Crippen LogP contribution in [-0.4, -0.2) is 9.97 Å². The molecule has 0 bridgehead atoms. The highest BCUT2D eigenvalue weighted by Crippen LogP contribution is 2.32. The average molecular weight is 619 g/mol. The van der Waals surface area contributed by atoms with Gasteiger partial charge < -0.3 is 4.42 Å². The van der Waals surface area contributed by atoms with Crippen molar-refractivity contribution in [2.75, 3.05) is 0 Å². The lowest BCUT2D eigenvalue weighted by atomic mass is 10.0. The molecule has 0 aliphatic rings. The summed E-state index contributed by atoms with van der Waals surface area (Å²) in [6, 6.07) is 41.6. The molecular formula is C40H34N4OS+2. The second kappa shape index (κ2) is 12.5. The Hall–Kier alpha value is -5.46. The summed E-state index contributed by atoms with van der Waals surface area (Å²) in [5, 5.41) is 1.07. The molecule has 4 heterocycles. The Kier molecular flexibility index (Phi) is 7.95. The van der Waals surface area contributed by atoms with Crippen LogP contribution < -0.4 is 9.13 Å². The molecule has 5 nitrogen and oxygen atoms in total. The van der Waals surface area contributed by atoms with Crippen LogP contribution in [0.5, 0.6) is 0 Å². The molecule has 0 aliphatic carbocycles. The normalized spacial score (nSPS) is 11.0. The number of rotatable bonds is 4. The van der Waals surface area contributed by atoms with Crippen LogP contribution in [0.25, 0.3) is 65.9 Å². The lowest BCUT2D eigenvalue weighted by Gasteiger charge is -2.05. The molecule has 0 atom stereocenters. The Morgan fingerprint density at radius 1 is 0.565 bits per heavy atom. The standard InChI is InChI=1S/C20H17N2O.C20H17N2S/c2*1-14-7-3-4-8-16(14)18-13-15(11-12-22(18)2)20-21-17-9-5-6-10-19(17)23-20/h2*3-13H,1-2H3/q2*+1. The van der Waals surface area contributed by atoms with E-state index in [4.69, 9.17) is 9.40 Å². The molecule has 8 rings (SSSR count). The number of oxazole rings is 1. The van der Waals surface area contributed by atoms with Gasteiger partial charge in [0, 0.05) is 46.5 Å². The predicted molar refractivity (Wildman–Crippen MR) is 187 cm³/mol. The summed E-state index contributed by atoms with van der Waals surface area (Å²) in [5.74, 6) is 0.654. The maximum absolute atomic E-state index is 5.89. The summed E-state index contributed by atoms with van der Waals surface area (Å²) in [4.78, 5) is 9.37. The molecule has 46 heavy (non-hydrogen) atoms. The molecule has 0 unspecified atom stereocenters. The van der Waals surface area contributed by atoms with Gasteiger partial charge in [0.1, 0.15) is 24.6 Å². The lowest BCUT2D eigenvalue weighted by Crippen LogP contribution is -2.30. The van der Waals surface area contributed by atoms with E-state index in [1.54, 1.807) is 11.3 Å². The van der Waals surface area contributed by atoms with Crippen molar-refractivity contribution in [1.82, 2.24) is 9.97 Å². The maximum atomic E-state index is 5.89. The molecular weight excluding hydrogens is 585 g/mol. The zero-order chi connectivity index (χ0) is 31.6. The zero-order valence-electron chi connectivity index (χ0n) is 26.3. The Labute approximate surface area is 272 Å². The van der Waals surface area contributed by atoms with Gasteiger partial charge in [0.2, 0.25) is 17.3 Å². The molecule has 0 saturated carbocycles. The van der Waals surface area contributed by atoms with Crippen molar-refractivity contribution in [3.05, 3.63) is 145 Å². The molecule has 0 fully saturated rings. The first-order valence-electron chi connectivity index (χ1n) is 15.3. The fourth-order valence-electron chi connectivity index (χ4n) is 5.65. The summed E-state index contributed by atoms with van der Waals surface area (Å²) >= 11 is 1.74. The summed E-state index contributed by atoms with van der Waals surface area (Å²) < 4.78 is 11.4. The van der Waals surface area contributed by atoms with Gasteiger partial charge in [0.05, 0.1) is 10.2 Å². The van der Waals surface area contributed by atoms with Crippen LogP contribution in [0.4, 0.5) is 0 Å². The van der Waals surface area contributed by atoms with Gasteiger partial charge in [-0.05, 0) is 61.4 Å². The second-order valence-corrected chi connectivity index (χ2v) is 12.5. The SMILES string of the molecule is Cc1ccccc1-c1cc(-c2nc3ccccc3o2)cc[n+]1C.Cc1ccccc1-c1cc(-c2nc3ccccc3s2)cc[n+]1C. The minimum absolute atomic E-state index is 0.654. The van der Waals surface area contributed by atoms with Crippen molar-refractivity contribution < 1.29 is 13.6 Å². The average Bonchev–Trinajstić information content (AvgIpc) is 3.71. The molecule has 0 radical (unpaired) electrons. The van der Waals surface area contributed by atoms with Crippen LogP contribution in [0.15, 0.2) is 138 Å². The molecule has 6 heteroatoms. The number of aryl methyl sites for hydroxylation is 4. The van der Waals surface area contributed by atoms with Gasteiger partial charge in [-0.2, -0.15) is 0 Å². The molecule has 0 spiro atoms. The molecule has 8 aromatic rings. The van der Waals surface area contributed by atoms with Gasteiger partial charge in [0.15, 0.2) is 18.0 Å². The van der Waals surface area contributed by atoms with Crippen molar-refractivity contribution in [3.63, 3.8) is 0 Å². The zero-order valence-corrected chi connectivity index (χ0v) is 27.1. The minimum atomic E-state index is 0.654. The number of aromatic nitrogens is 4. The number of nitrogens with zero attached hydrogens (tertiary/aromatic N) is 4. The van der Waals surface area contributed by atoms with E-state index in [1.165, 1.54) is 38.2 Å². The third-order valence-corrected chi connectivity index (χ3v) is 9.31. The first-order chi connectivity index (χ1) is 22.4. The van der Waals surface area contributed by atoms with E-state index in [0.717, 1.165) is 32.9 Å². The highest BCUT2D eigenvalue weighted by molar-refractivity contribution is 7.21. The topological polar surface area (TPSA) is 46.7 Å². The van der Waals surface area contributed by atoms with E-state index in [-0.39, 0.29) is 0 Å². The summed E-state index contributed by atoms with van der Waals surface area (Å²) in [6.45, 7) is 4.28. The number of benzene rings is 4. The van der Waals surface area contributed by atoms with Gasteiger partial charge in [-0.3, -0.25) is 0 Å². The van der Waals surface area contributed by atoms with Crippen LogP contribution in [0.3, 0.4) is 0 Å². The quantitative estimate of drug-likeness (QED) is 0.185. The van der Waals surface area contributed by atoms with E-state index in [9.17, 15) is 0 Å². The van der Waals surface area contributed by atoms with Crippen molar-refractivity contribution in [3.8, 4) is 44.5 Å². The number of hydrogen-bond acceptors (Lipinski definition) is 4. The number of hydrogen-bond donors (Lipinski definition) is 0. The predicted octanol–water partition coefficient (Wildman–Crippen LogP) is 9.06. The molecule has 0 N–H and O–H groups in total. The van der Waals surface area contributed by atoms with Gasteiger partial charge in [0.25, 0.3) is 0 Å². The molecule has 0 saturated heterocycles. The van der Waals surface area contributed by atoms with Crippen LogP contribution in [0, 0.1) is 13.8 Å². The largest absolute Gasteiger partial charge is 0.436 e. The first-order valence-corrected chi connectivity index (χ1v) is 16.1. The monoisotopic (exact) mass is 618 g/mol. The lowest BCUT2D eigenvalue weighted by molar-refractivity contribution is -0.660. The number of thiazole rings is 1. The number of para-hydroxylation sites is 3. The third-order valence-electron chi connectivity index (χ3n) is 8.22. The third kappa shape index (κ3) is 5.83. The second-order valence-electron chi connectivity index (χ2n) is 11.4. The van der Waals surface area contributed by atoms with E-state index >= 15 is 0 Å². The Morgan fingerprint density at radius 3 is 1.74 bits per heavy atom. The molecule has 4 aromatic heterocycles. The van der Waals surface area contributed by atoms with Crippen molar-refractivity contribution in [2.45, 2.75) is 13.8 Å². The van der Waals surface area contributed by atoms with Gasteiger partial charge in [-0.25, -0.2) is 19.1 Å². The van der Waals surface area contributed by atoms with Crippen LogP contribution in [-0.2, 0) is 14.1 Å². The summed E-state index contributed by atoms with van der Waals surface area (Å²) in [7, 11) is 4.14. The van der Waals surface area contributed by atoms with E-state index in [1.807, 2.05) is 42.6 Å². The summed E-state index contributed by atoms with van der Waals surface area (Å²) in [5.41, 5.74) is 12.3. The van der Waals surface area contributed by atoms with E-state index in [0.29, 0.717) is 5.89 Å².